The molecule has 0 aliphatic carbocycles. The molecule has 0 bridgehead atoms. The van der Waals surface area contributed by atoms with Crippen LogP contribution in [0, 0.1) is 0 Å². The molecular formula is C8H8ClN3O2+. The van der Waals surface area contributed by atoms with Crippen LogP contribution in [0.5, 0.6) is 0 Å². The highest BCUT2D eigenvalue weighted by atomic mass is 35.5. The van der Waals surface area contributed by atoms with E-state index in [9.17, 15) is 4.79 Å². The lowest BCUT2D eigenvalue weighted by molar-refractivity contribution is -0.132. The van der Waals surface area contributed by atoms with E-state index in [1.807, 2.05) is 0 Å². The number of allylic oxidation sites excluding steroid dienone is 1. The van der Waals surface area contributed by atoms with Gasteiger partial charge in [0.25, 0.3) is 5.84 Å². The van der Waals surface area contributed by atoms with E-state index in [0.717, 1.165) is 0 Å². The molecular weight excluding hydrogens is 206 g/mol. The van der Waals surface area contributed by atoms with Gasteiger partial charge in [0.1, 0.15) is 0 Å². The molecule has 14 heavy (non-hydrogen) atoms. The molecule has 0 atom stereocenters. The van der Waals surface area contributed by atoms with Crippen LogP contribution in [-0.4, -0.2) is 28.0 Å². The van der Waals surface area contributed by atoms with Crippen molar-refractivity contribution in [1.29, 1.82) is 0 Å². The van der Waals surface area contributed by atoms with E-state index in [2.05, 4.69) is 4.99 Å². The van der Waals surface area contributed by atoms with Crippen LogP contribution in [0.1, 0.15) is 6.92 Å². The summed E-state index contributed by atoms with van der Waals surface area (Å²) in [7, 11) is 0. The molecule has 0 aromatic carbocycles. The minimum atomic E-state index is -1.01. The van der Waals surface area contributed by atoms with E-state index in [4.69, 9.17) is 16.9 Å². The number of carboxylic acid groups (broad SMARTS) is 1. The third-order valence-electron chi connectivity index (χ3n) is 2.11. The van der Waals surface area contributed by atoms with Crippen LogP contribution in [0.15, 0.2) is 28.7 Å². The maximum Gasteiger partial charge on any atom is 0.360 e. The lowest BCUT2D eigenvalue weighted by Crippen LogP contribution is -2.40. The summed E-state index contributed by atoms with van der Waals surface area (Å²) in [6.07, 6.45) is 3.32. The topological polar surface area (TPSA) is 58.8 Å². The van der Waals surface area contributed by atoms with Gasteiger partial charge in [0.05, 0.1) is 0 Å². The Labute approximate surface area is 85.7 Å². The van der Waals surface area contributed by atoms with E-state index in [0.29, 0.717) is 18.2 Å². The van der Waals surface area contributed by atoms with Gasteiger partial charge in [-0.05, 0) is 0 Å². The first-order chi connectivity index (χ1) is 6.59. The first-order valence-corrected chi connectivity index (χ1v) is 4.34. The smallest absolute Gasteiger partial charge is 0.360 e. The molecule has 2 rings (SSSR count). The third kappa shape index (κ3) is 1.30. The fraction of sp³-hybridized carbons (Fsp3) is 0.250. The number of nitrogens with zero attached hydrogens (tertiary/aromatic N) is 3. The molecule has 0 saturated carbocycles. The van der Waals surface area contributed by atoms with Crippen molar-refractivity contribution in [3.63, 3.8) is 0 Å². The Morgan fingerprint density at radius 1 is 1.79 bits per heavy atom. The summed E-state index contributed by atoms with van der Waals surface area (Å²) in [4.78, 5) is 16.5. The molecule has 0 fully saturated rings. The standard InChI is InChI=1S/C8H8ClN3O2/c1-5-7(8(13)14)10-6-2-3-11(9)4-12(5)6/h2-3H,4H2,1H3,(H,13,14)/q+1. The zero-order valence-electron chi connectivity index (χ0n) is 7.44. The van der Waals surface area contributed by atoms with Crippen molar-refractivity contribution >= 4 is 23.6 Å². The van der Waals surface area contributed by atoms with E-state index in [1.165, 1.54) is 4.42 Å². The van der Waals surface area contributed by atoms with Crippen molar-refractivity contribution in [2.24, 2.45) is 4.99 Å². The summed E-state index contributed by atoms with van der Waals surface area (Å²) in [6.45, 7) is 2.13. The summed E-state index contributed by atoms with van der Waals surface area (Å²) in [5, 5.41) is 8.83. The van der Waals surface area contributed by atoms with Gasteiger partial charge in [-0.2, -0.15) is 4.99 Å². The molecule has 2 aliphatic heterocycles. The lowest BCUT2D eigenvalue weighted by atomic mass is 10.3. The Morgan fingerprint density at radius 2 is 2.50 bits per heavy atom. The highest BCUT2D eigenvalue weighted by Crippen LogP contribution is 2.22. The second kappa shape index (κ2) is 3.11. The summed E-state index contributed by atoms with van der Waals surface area (Å²) in [5.74, 6) is -0.393. The van der Waals surface area contributed by atoms with Gasteiger partial charge in [0, 0.05) is 31.0 Å². The van der Waals surface area contributed by atoms with Crippen LogP contribution in [0.3, 0.4) is 0 Å². The van der Waals surface area contributed by atoms with Crippen LogP contribution in [0.2, 0.25) is 0 Å². The van der Waals surface area contributed by atoms with E-state index in [-0.39, 0.29) is 5.70 Å². The summed E-state index contributed by atoms with van der Waals surface area (Å²) in [6, 6.07) is 0. The number of rotatable bonds is 1. The number of halogens is 1. The third-order valence-corrected chi connectivity index (χ3v) is 2.33. The van der Waals surface area contributed by atoms with E-state index < -0.39 is 5.97 Å². The molecule has 0 saturated heterocycles. The second-order valence-corrected chi connectivity index (χ2v) is 3.43. The quantitative estimate of drug-likeness (QED) is 0.518. The largest absolute Gasteiger partial charge is 0.476 e. The zero-order chi connectivity index (χ0) is 10.3. The molecule has 0 aromatic heterocycles. The molecule has 0 aromatic rings. The van der Waals surface area contributed by atoms with Gasteiger partial charge in [0.2, 0.25) is 12.4 Å². The number of aliphatic imine (C=N–C) groups is 1. The van der Waals surface area contributed by atoms with Crippen molar-refractivity contribution in [1.82, 2.24) is 9.32 Å². The Bertz CT molecular complexity index is 386. The number of amidine groups is 1. The second-order valence-electron chi connectivity index (χ2n) is 2.99. The predicted octanol–water partition coefficient (Wildman–Crippen LogP) is 0.795. The number of carboxylic acids is 1. The number of carbonyl (C=O) groups is 1. The van der Waals surface area contributed by atoms with Crippen molar-refractivity contribution in [3.05, 3.63) is 23.7 Å². The summed E-state index contributed by atoms with van der Waals surface area (Å²) >= 11 is 5.76. The first kappa shape index (κ1) is 9.23. The first-order valence-electron chi connectivity index (χ1n) is 4.00. The van der Waals surface area contributed by atoms with Gasteiger partial charge in [0.15, 0.2) is 5.70 Å². The van der Waals surface area contributed by atoms with Crippen molar-refractivity contribution in [3.8, 4) is 0 Å². The Balaban J connectivity index is 2.38. The predicted molar refractivity (Wildman–Crippen MR) is 51.6 cm³/mol. The monoisotopic (exact) mass is 213 g/mol. The molecule has 6 heteroatoms. The summed E-state index contributed by atoms with van der Waals surface area (Å²) in [5.41, 5.74) is 0.694. The summed E-state index contributed by atoms with van der Waals surface area (Å²) < 4.78 is 1.44. The van der Waals surface area contributed by atoms with Crippen molar-refractivity contribution in [2.75, 3.05) is 6.67 Å². The van der Waals surface area contributed by atoms with Crippen LogP contribution < -0.4 is 4.90 Å². The molecule has 0 unspecified atom stereocenters. The van der Waals surface area contributed by atoms with Crippen LogP contribution in [0.25, 0.3) is 0 Å². The molecule has 0 spiro atoms. The normalized spacial score (nSPS) is 21.3. The molecule has 2 aliphatic rings. The van der Waals surface area contributed by atoms with Crippen LogP contribution >= 0.6 is 11.8 Å². The average molecular weight is 214 g/mol. The highest BCUT2D eigenvalue weighted by molar-refractivity contribution is 6.15. The van der Waals surface area contributed by atoms with Gasteiger partial charge in [-0.25, -0.2) is 9.21 Å². The molecule has 2 heterocycles. The maximum absolute atomic E-state index is 10.8. The van der Waals surface area contributed by atoms with Gasteiger partial charge < -0.3 is 5.11 Å². The number of aliphatic carboxylic acids is 1. The van der Waals surface area contributed by atoms with E-state index in [1.54, 1.807) is 24.1 Å². The SMILES string of the molecule is CC1=C(C(=O)O)N=C2C=CN(Cl)C[N+]21. The van der Waals surface area contributed by atoms with Gasteiger partial charge in [-0.1, -0.05) is 4.90 Å². The number of fused-ring (bicyclic) bond motifs is 1. The molecule has 73 valence electrons. The number of hydrogen-bond donors (Lipinski definition) is 1. The number of hydrogen-bond acceptors (Lipinski definition) is 4. The highest BCUT2D eigenvalue weighted by Gasteiger charge is 2.39. The Hall–Kier alpha value is -1.33. The maximum atomic E-state index is 10.8. The lowest BCUT2D eigenvalue weighted by Gasteiger charge is -2.15. The van der Waals surface area contributed by atoms with Gasteiger partial charge in [-0.15, -0.1) is 0 Å². The van der Waals surface area contributed by atoms with Crippen LogP contribution in [0.4, 0.5) is 0 Å². The van der Waals surface area contributed by atoms with Crippen LogP contribution in [-0.2, 0) is 4.79 Å². The van der Waals surface area contributed by atoms with Crippen molar-refractivity contribution in [2.45, 2.75) is 6.92 Å². The molecule has 5 nitrogen and oxygen atoms in total. The minimum Gasteiger partial charge on any atom is -0.476 e. The van der Waals surface area contributed by atoms with Gasteiger partial charge >= 0.3 is 5.97 Å². The Kier molecular flexibility index (Phi) is 2.05. The fourth-order valence-electron chi connectivity index (χ4n) is 1.39. The minimum absolute atomic E-state index is 0.0802. The Morgan fingerprint density at radius 3 is 3.14 bits per heavy atom. The zero-order valence-corrected chi connectivity index (χ0v) is 8.19. The van der Waals surface area contributed by atoms with Gasteiger partial charge in [-0.3, -0.25) is 0 Å². The molecule has 1 N–H and O–H groups in total. The van der Waals surface area contributed by atoms with Crippen molar-refractivity contribution < 1.29 is 9.90 Å². The molecule has 1 radical (unpaired) electrons. The fourth-order valence-corrected chi connectivity index (χ4v) is 1.56. The average Bonchev–Trinajstić information content (AvgIpc) is 2.44. The molecule has 0 amide bonds. The van der Waals surface area contributed by atoms with E-state index >= 15 is 0 Å².